The molecule has 32 heavy (non-hydrogen) atoms. The fraction of sp³-hybridized carbons (Fsp3) is 0.375. The second-order valence-corrected chi connectivity index (χ2v) is 10.4. The van der Waals surface area contributed by atoms with Gasteiger partial charge >= 0.3 is 5.97 Å². The van der Waals surface area contributed by atoms with Gasteiger partial charge in [-0.05, 0) is 42.5 Å². The summed E-state index contributed by atoms with van der Waals surface area (Å²) in [6.07, 6.45) is 1.80. The lowest BCUT2D eigenvalue weighted by Crippen LogP contribution is -2.43. The van der Waals surface area contributed by atoms with Crippen molar-refractivity contribution in [2.45, 2.75) is 40.0 Å². The van der Waals surface area contributed by atoms with Gasteiger partial charge in [0, 0.05) is 11.8 Å². The number of nitrogens with one attached hydrogen (secondary N) is 1. The summed E-state index contributed by atoms with van der Waals surface area (Å²) >= 11 is 18.6. The Morgan fingerprint density at radius 2 is 1.56 bits per heavy atom. The highest BCUT2D eigenvalue weighted by atomic mass is 35.5. The Hall–Kier alpha value is -2.08. The van der Waals surface area contributed by atoms with E-state index in [4.69, 9.17) is 39.6 Å². The molecule has 0 heterocycles. The number of benzene rings is 2. The zero-order valence-electron chi connectivity index (χ0n) is 18.0. The molecule has 2 unspecified atom stereocenters. The van der Waals surface area contributed by atoms with Crippen molar-refractivity contribution >= 4 is 58.1 Å². The van der Waals surface area contributed by atoms with Gasteiger partial charge in [0.1, 0.15) is 0 Å². The molecule has 168 valence electrons. The lowest BCUT2D eigenvalue weighted by molar-refractivity contribution is -0.130. The van der Waals surface area contributed by atoms with Crippen LogP contribution in [0.15, 0.2) is 47.6 Å². The largest absolute Gasteiger partial charge is 0.367 e. The van der Waals surface area contributed by atoms with Crippen LogP contribution in [-0.4, -0.2) is 17.6 Å². The summed E-state index contributed by atoms with van der Waals surface area (Å²) in [6.45, 7) is 6.19. The average molecular weight is 494 g/mol. The number of nitrogens with zero attached hydrogens (tertiary/aromatic N) is 1. The van der Waals surface area contributed by atoms with E-state index in [2.05, 4.69) is 31.2 Å². The van der Waals surface area contributed by atoms with Crippen molar-refractivity contribution in [1.82, 2.24) is 0 Å². The molecule has 0 radical (unpaired) electrons. The summed E-state index contributed by atoms with van der Waals surface area (Å²) in [4.78, 5) is 31.4. The molecule has 2 bridgehead atoms. The van der Waals surface area contributed by atoms with Crippen molar-refractivity contribution in [3.05, 3.63) is 63.1 Å². The zero-order chi connectivity index (χ0) is 23.3. The third-order valence-electron chi connectivity index (χ3n) is 7.70. The average Bonchev–Trinajstić information content (AvgIpc) is 3.05. The maximum Gasteiger partial charge on any atom is 0.367 e. The van der Waals surface area contributed by atoms with Crippen LogP contribution in [0.2, 0.25) is 15.1 Å². The Kier molecular flexibility index (Phi) is 5.81. The second-order valence-electron chi connectivity index (χ2n) is 9.16. The molecule has 2 atom stereocenters. The molecule has 0 aromatic heterocycles. The SMILES string of the molecule is CC12CCC(C(=O)Nc3c(Cl)cccc3Cl)(C/C1=N\OC(=O)c1ccccc1Cl)C2(C)C. The normalized spacial score (nSPS) is 26.9. The molecule has 0 aliphatic heterocycles. The van der Waals surface area contributed by atoms with Gasteiger partial charge in [-0.2, -0.15) is 0 Å². The zero-order valence-corrected chi connectivity index (χ0v) is 20.2. The highest BCUT2D eigenvalue weighted by Crippen LogP contribution is 2.71. The van der Waals surface area contributed by atoms with Gasteiger partial charge in [-0.1, -0.05) is 78.9 Å². The molecule has 2 aliphatic rings. The first-order valence-electron chi connectivity index (χ1n) is 10.3. The summed E-state index contributed by atoms with van der Waals surface area (Å²) in [5.41, 5.74) is -0.250. The number of para-hydroxylation sites is 1. The van der Waals surface area contributed by atoms with Crippen LogP contribution in [0, 0.1) is 16.2 Å². The highest BCUT2D eigenvalue weighted by Gasteiger charge is 2.71. The van der Waals surface area contributed by atoms with E-state index in [9.17, 15) is 9.59 Å². The Morgan fingerprint density at radius 3 is 2.22 bits per heavy atom. The van der Waals surface area contributed by atoms with E-state index in [1.807, 2.05) is 0 Å². The lowest BCUT2D eigenvalue weighted by Gasteiger charge is -2.39. The van der Waals surface area contributed by atoms with Gasteiger partial charge in [-0.25, -0.2) is 4.79 Å². The number of hydrogen-bond acceptors (Lipinski definition) is 4. The Balaban J connectivity index is 1.63. The first-order valence-corrected chi connectivity index (χ1v) is 11.5. The Morgan fingerprint density at radius 1 is 0.938 bits per heavy atom. The maximum atomic E-state index is 13.6. The standard InChI is InChI=1S/C24H23Cl3N2O3/c1-22(2)23(3)11-12-24(22,21(31)28-19-16(26)9-6-10-17(19)27)13-18(23)29-32-20(30)14-7-4-5-8-15(14)25/h4-10H,11-13H2,1-3H3,(H,28,31)/b29-18+. The first-order chi connectivity index (χ1) is 15.0. The molecule has 0 saturated heterocycles. The van der Waals surface area contributed by atoms with Crippen LogP contribution in [0.25, 0.3) is 0 Å². The number of anilines is 1. The van der Waals surface area contributed by atoms with Gasteiger partial charge in [-0.15, -0.1) is 0 Å². The monoisotopic (exact) mass is 492 g/mol. The van der Waals surface area contributed by atoms with E-state index in [-0.39, 0.29) is 11.5 Å². The quantitative estimate of drug-likeness (QED) is 0.368. The van der Waals surface area contributed by atoms with Gasteiger partial charge in [0.2, 0.25) is 5.91 Å². The molecule has 2 aromatic carbocycles. The van der Waals surface area contributed by atoms with Gasteiger partial charge in [0.15, 0.2) is 0 Å². The second kappa shape index (κ2) is 8.05. The maximum absolute atomic E-state index is 13.6. The van der Waals surface area contributed by atoms with Crippen LogP contribution < -0.4 is 5.32 Å². The van der Waals surface area contributed by atoms with Crippen molar-refractivity contribution in [1.29, 1.82) is 0 Å². The number of hydrogen-bond donors (Lipinski definition) is 1. The van der Waals surface area contributed by atoms with Crippen LogP contribution in [0.3, 0.4) is 0 Å². The van der Waals surface area contributed by atoms with Gasteiger partial charge < -0.3 is 10.2 Å². The van der Waals surface area contributed by atoms with Crippen LogP contribution in [0.4, 0.5) is 5.69 Å². The van der Waals surface area contributed by atoms with Crippen molar-refractivity contribution in [3.8, 4) is 0 Å². The number of carbonyl (C=O) groups excluding carboxylic acids is 2. The summed E-state index contributed by atoms with van der Waals surface area (Å²) in [5.74, 6) is -0.794. The lowest BCUT2D eigenvalue weighted by atomic mass is 9.64. The topological polar surface area (TPSA) is 67.8 Å². The molecule has 5 nitrogen and oxygen atoms in total. The third kappa shape index (κ3) is 3.33. The minimum Gasteiger partial charge on any atom is -0.323 e. The van der Waals surface area contributed by atoms with E-state index in [1.54, 1.807) is 42.5 Å². The predicted octanol–water partition coefficient (Wildman–Crippen LogP) is 7.01. The molecule has 8 heteroatoms. The number of amides is 1. The third-order valence-corrected chi connectivity index (χ3v) is 8.66. The number of oxime groups is 1. The minimum atomic E-state index is -0.736. The Labute approximate surface area is 202 Å². The van der Waals surface area contributed by atoms with Crippen molar-refractivity contribution < 1.29 is 14.4 Å². The summed E-state index contributed by atoms with van der Waals surface area (Å²) in [5, 5.41) is 8.23. The fourth-order valence-electron chi connectivity index (χ4n) is 5.15. The molecule has 2 fully saturated rings. The van der Waals surface area contributed by atoms with E-state index in [1.165, 1.54) is 0 Å². The molecule has 2 saturated carbocycles. The molecule has 0 spiro atoms. The summed E-state index contributed by atoms with van der Waals surface area (Å²) in [6, 6.07) is 11.7. The van der Waals surface area contributed by atoms with Gasteiger partial charge in [-0.3, -0.25) is 4.79 Å². The van der Waals surface area contributed by atoms with E-state index < -0.39 is 22.2 Å². The van der Waals surface area contributed by atoms with Crippen molar-refractivity contribution in [2.75, 3.05) is 5.32 Å². The number of halogens is 3. The Bertz CT molecular complexity index is 1130. The van der Waals surface area contributed by atoms with Gasteiger partial charge in [0.25, 0.3) is 0 Å². The number of rotatable bonds is 4. The molecule has 4 rings (SSSR count). The highest BCUT2D eigenvalue weighted by molar-refractivity contribution is 6.39. The van der Waals surface area contributed by atoms with Crippen LogP contribution in [0.1, 0.15) is 50.4 Å². The number of carbonyl (C=O) groups is 2. The van der Waals surface area contributed by atoms with Crippen LogP contribution in [0.5, 0.6) is 0 Å². The van der Waals surface area contributed by atoms with Gasteiger partial charge in [0.05, 0.1) is 37.4 Å². The van der Waals surface area contributed by atoms with Crippen LogP contribution in [-0.2, 0) is 9.63 Å². The molecular weight excluding hydrogens is 471 g/mol. The van der Waals surface area contributed by atoms with Crippen LogP contribution >= 0.6 is 34.8 Å². The molecular formula is C24H23Cl3N2O3. The minimum absolute atomic E-state index is 0.163. The molecule has 2 aliphatic carbocycles. The summed E-state index contributed by atoms with van der Waals surface area (Å²) in [7, 11) is 0. The van der Waals surface area contributed by atoms with E-state index in [0.717, 1.165) is 6.42 Å². The van der Waals surface area contributed by atoms with E-state index in [0.29, 0.717) is 39.3 Å². The molecule has 2 aromatic rings. The number of fused-ring (bicyclic) bond motifs is 2. The summed E-state index contributed by atoms with van der Waals surface area (Å²) < 4.78 is 0. The molecule has 1 amide bonds. The van der Waals surface area contributed by atoms with Crippen molar-refractivity contribution in [2.24, 2.45) is 21.4 Å². The van der Waals surface area contributed by atoms with E-state index >= 15 is 0 Å². The smallest absolute Gasteiger partial charge is 0.323 e. The fourth-order valence-corrected chi connectivity index (χ4v) is 5.85. The van der Waals surface area contributed by atoms with Crippen molar-refractivity contribution in [3.63, 3.8) is 0 Å². The predicted molar refractivity (Wildman–Crippen MR) is 128 cm³/mol. The molecule has 1 N–H and O–H groups in total. The first kappa shape index (κ1) is 23.1.